The van der Waals surface area contributed by atoms with Gasteiger partial charge in [-0.1, -0.05) is 144 Å². The summed E-state index contributed by atoms with van der Waals surface area (Å²) in [5, 5.41) is 4.71. The van der Waals surface area contributed by atoms with Gasteiger partial charge in [0.2, 0.25) is 0 Å². The second-order valence-corrected chi connectivity index (χ2v) is 16.1. The molecule has 56 heavy (non-hydrogen) atoms. The lowest BCUT2D eigenvalue weighted by Crippen LogP contribution is -3.21. The number of hydrogen-bond acceptors (Lipinski definition) is 6. The minimum atomic E-state index is -2.39. The largest absolute Gasteiger partial charge is 0.609 e. The van der Waals surface area contributed by atoms with Gasteiger partial charge in [-0.15, -0.1) is 0 Å². The molecular formula is C46H36B2N2O6. The Morgan fingerprint density at radius 3 is 1.27 bits per heavy atom. The average Bonchev–Trinajstić information content (AvgIpc) is 3.93. The van der Waals surface area contributed by atoms with Gasteiger partial charge in [0.25, 0.3) is 11.9 Å². The molecule has 13 rings (SSSR count). The van der Waals surface area contributed by atoms with Crippen molar-refractivity contribution in [1.29, 1.82) is 0 Å². The first-order valence-corrected chi connectivity index (χ1v) is 19.6. The summed E-state index contributed by atoms with van der Waals surface area (Å²) < 4.78 is 26.7. The van der Waals surface area contributed by atoms with Gasteiger partial charge in [-0.05, 0) is 67.1 Å². The summed E-state index contributed by atoms with van der Waals surface area (Å²) in [6.45, 7) is -2.55. The van der Waals surface area contributed by atoms with Gasteiger partial charge in [0.05, 0.1) is 26.2 Å². The lowest BCUT2D eigenvalue weighted by Gasteiger charge is -2.37. The van der Waals surface area contributed by atoms with Crippen molar-refractivity contribution in [3.05, 3.63) is 168 Å². The van der Waals surface area contributed by atoms with Crippen LogP contribution in [-0.2, 0) is 54.4 Å². The van der Waals surface area contributed by atoms with Crippen LogP contribution < -0.4 is 20.5 Å². The van der Waals surface area contributed by atoms with Crippen molar-refractivity contribution in [3.63, 3.8) is 0 Å². The molecular weight excluding hydrogens is 698 g/mol. The molecule has 0 amide bonds. The second kappa shape index (κ2) is 11.7. The third-order valence-corrected chi connectivity index (χ3v) is 13.0. The molecule has 2 spiro atoms. The van der Waals surface area contributed by atoms with Crippen LogP contribution in [0.2, 0.25) is 0 Å². The normalized spacial score (nSPS) is 27.0. The number of hydrogen-bond donors (Lipinski definition) is 2. The molecule has 6 heterocycles. The second-order valence-electron chi connectivity index (χ2n) is 16.1. The fourth-order valence-corrected chi connectivity index (χ4v) is 10.7. The van der Waals surface area contributed by atoms with Crippen LogP contribution in [0.1, 0.15) is 22.3 Å². The minimum Gasteiger partial charge on any atom is -0.609 e. The van der Waals surface area contributed by atoms with Gasteiger partial charge < -0.3 is 28.2 Å². The summed E-state index contributed by atoms with van der Waals surface area (Å²) in [5.74, 6) is -1.21. The summed E-state index contributed by atoms with van der Waals surface area (Å²) >= 11 is 0. The third kappa shape index (κ3) is 4.46. The van der Waals surface area contributed by atoms with Crippen molar-refractivity contribution in [3.8, 4) is 22.3 Å². The highest BCUT2D eigenvalue weighted by atomic mass is 16.7. The molecule has 2 N–H and O–H groups in total. The van der Waals surface area contributed by atoms with Crippen molar-refractivity contribution >= 4 is 57.8 Å². The van der Waals surface area contributed by atoms with Crippen molar-refractivity contribution < 1.29 is 37.8 Å². The van der Waals surface area contributed by atoms with Gasteiger partial charge in [-0.2, -0.15) is 0 Å². The van der Waals surface area contributed by atoms with Gasteiger partial charge >= 0.3 is 13.4 Å². The van der Waals surface area contributed by atoms with Crippen LogP contribution >= 0.6 is 0 Å². The molecule has 6 aliphatic heterocycles. The maximum Gasteiger partial charge on any atom is 0.557 e. The van der Waals surface area contributed by atoms with Crippen LogP contribution in [0, 0.1) is 0 Å². The number of quaternary nitrogens is 2. The Bertz CT molecular complexity index is 2600. The molecule has 10 heteroatoms. The zero-order valence-electron chi connectivity index (χ0n) is 30.4. The van der Waals surface area contributed by atoms with E-state index in [0.29, 0.717) is 26.2 Å². The average molecular weight is 734 g/mol. The first-order chi connectivity index (χ1) is 27.5. The fourth-order valence-electron chi connectivity index (χ4n) is 10.7. The van der Waals surface area contributed by atoms with Crippen LogP contribution in [0.3, 0.4) is 0 Å². The summed E-state index contributed by atoms with van der Waals surface area (Å²) in [7, 11) is 0. The zero-order chi connectivity index (χ0) is 37.2. The molecule has 272 valence electrons. The highest BCUT2D eigenvalue weighted by Crippen LogP contribution is 2.44. The van der Waals surface area contributed by atoms with Crippen LogP contribution in [0.4, 0.5) is 0 Å². The Kier molecular flexibility index (Phi) is 6.76. The van der Waals surface area contributed by atoms with E-state index in [1.807, 2.05) is 36.4 Å². The van der Waals surface area contributed by atoms with Gasteiger partial charge in [0.1, 0.15) is 12.2 Å². The predicted molar refractivity (Wildman–Crippen MR) is 215 cm³/mol. The molecule has 0 saturated carbocycles. The number of benzene rings is 7. The first-order valence-electron chi connectivity index (χ1n) is 19.6. The zero-order valence-corrected chi connectivity index (χ0v) is 30.4. The summed E-state index contributed by atoms with van der Waals surface area (Å²) in [6.07, 6.45) is -2.57. The van der Waals surface area contributed by atoms with E-state index in [4.69, 9.17) is 18.6 Å². The van der Waals surface area contributed by atoms with E-state index < -0.39 is 37.5 Å². The van der Waals surface area contributed by atoms with Crippen molar-refractivity contribution in [2.75, 3.05) is 0 Å². The van der Waals surface area contributed by atoms with Crippen molar-refractivity contribution in [1.82, 2.24) is 0 Å². The van der Waals surface area contributed by atoms with E-state index in [0.717, 1.165) is 53.9 Å². The number of rotatable bonds is 0. The summed E-state index contributed by atoms with van der Waals surface area (Å²) in [5.41, 5.74) is 10.5. The highest BCUT2D eigenvalue weighted by molar-refractivity contribution is 6.78. The first kappa shape index (κ1) is 32.2. The molecule has 8 nitrogen and oxygen atoms in total. The topological polar surface area (TPSA) is 79.9 Å². The third-order valence-electron chi connectivity index (χ3n) is 13.0. The van der Waals surface area contributed by atoms with Crippen molar-refractivity contribution in [2.24, 2.45) is 0 Å². The maximum absolute atomic E-state index is 14.2. The number of carbonyl (C=O) groups excluding carboxylic acids is 2. The van der Waals surface area contributed by atoms with Crippen LogP contribution in [0.5, 0.6) is 0 Å². The molecule has 0 aliphatic carbocycles. The molecule has 6 atom stereocenters. The minimum absolute atomic E-state index is 0.526. The Labute approximate surface area is 323 Å². The van der Waals surface area contributed by atoms with Gasteiger partial charge in [-0.25, -0.2) is 0 Å². The van der Waals surface area contributed by atoms with E-state index >= 15 is 0 Å². The smallest absolute Gasteiger partial charge is 0.557 e. The van der Waals surface area contributed by atoms with Gasteiger partial charge in [0, 0.05) is 11.1 Å². The Balaban J connectivity index is 1.10. The molecule has 10 bridgehead atoms. The molecule has 0 aromatic heterocycles. The molecule has 7 aromatic rings. The van der Waals surface area contributed by atoms with E-state index in [-0.39, 0.29) is 0 Å². The fraction of sp³-hybridized carbons (Fsp3) is 0.130. The Morgan fingerprint density at radius 2 is 0.839 bits per heavy atom. The van der Waals surface area contributed by atoms with Gasteiger partial charge in [-0.3, -0.25) is 9.59 Å². The van der Waals surface area contributed by atoms with Gasteiger partial charge in [0.15, 0.2) is 0 Å². The van der Waals surface area contributed by atoms with E-state index in [1.165, 1.54) is 32.7 Å². The maximum atomic E-state index is 14.2. The summed E-state index contributed by atoms with van der Waals surface area (Å²) in [6, 6.07) is 50.8. The SMILES string of the molecule is O=C1O[B-]23OC1C1O[B-]4(OC1=O)c1ccccc1C[N@@H+]4Cc1cccc(c1)-c1c4ccccc4c(c4ccccc14)-c1cccc(c1)C[N@@H+]2Cc1ccccc13. The van der Waals surface area contributed by atoms with Crippen LogP contribution in [0.15, 0.2) is 146 Å². The molecule has 6 aliphatic rings. The van der Waals surface area contributed by atoms with E-state index in [2.05, 4.69) is 109 Å². The predicted octanol–water partition coefficient (Wildman–Crippen LogP) is 3.71. The van der Waals surface area contributed by atoms with E-state index in [9.17, 15) is 9.59 Å². The number of nitrogens with one attached hydrogen (secondary N) is 2. The lowest BCUT2D eigenvalue weighted by molar-refractivity contribution is -0.837. The summed E-state index contributed by atoms with van der Waals surface area (Å²) in [4.78, 5) is 30.2. The lowest BCUT2D eigenvalue weighted by atomic mass is 9.63. The highest BCUT2D eigenvalue weighted by Gasteiger charge is 2.66. The van der Waals surface area contributed by atoms with E-state index in [1.54, 1.807) is 0 Å². The van der Waals surface area contributed by atoms with Crippen molar-refractivity contribution in [2.45, 2.75) is 38.4 Å². The van der Waals surface area contributed by atoms with Crippen LogP contribution in [0.25, 0.3) is 43.8 Å². The standard InChI is InChI=1S/C46H36B2N2O6/c51-45-43-44-46(52)56-48(54-44)40-22-8-2-14-34(40)28-50(48)26-30-12-10-16-32(24-30)42-37-19-5-3-17-35(37)41(36-18-4-6-20-38(36)42)31-15-9-11-29(23-31)25-49-27-33-13-1-7-21-39(33)47(49,53-43)55-45/h1-24,43-44,49-50H,25-28H2. The molecule has 0 radical (unpaired) electrons. The monoisotopic (exact) mass is 734 g/mol. The number of carbonyl (C=O) groups is 2. The molecule has 2 saturated heterocycles. The number of fused-ring (bicyclic) bond motifs is 2. The quantitative estimate of drug-likeness (QED) is 0.183. The Hall–Kier alpha value is -6.03. The molecule has 4 unspecified atom stereocenters. The molecule has 7 aromatic carbocycles. The van der Waals surface area contributed by atoms with Crippen LogP contribution in [-0.4, -0.2) is 37.5 Å². The molecule has 2 fully saturated rings. The Morgan fingerprint density at radius 1 is 0.446 bits per heavy atom.